The van der Waals surface area contributed by atoms with Crippen molar-refractivity contribution in [3.05, 3.63) is 21.9 Å². The highest BCUT2D eigenvalue weighted by Crippen LogP contribution is 2.36. The summed E-state index contributed by atoms with van der Waals surface area (Å²) in [5.41, 5.74) is 0.652. The molecule has 1 saturated carbocycles. The van der Waals surface area contributed by atoms with Gasteiger partial charge >= 0.3 is 0 Å². The number of hydrogen-bond donors (Lipinski definition) is 1. The Kier molecular flexibility index (Phi) is 3.77. The van der Waals surface area contributed by atoms with Crippen LogP contribution < -0.4 is 5.56 Å². The number of fused-ring (bicyclic) bond motifs is 1. The number of aromatic amines is 1. The molecule has 0 amide bonds. The molecular formula is C13H17N3O5S. The van der Waals surface area contributed by atoms with Crippen molar-refractivity contribution in [2.45, 2.75) is 44.6 Å². The molecule has 0 aromatic carbocycles. The minimum atomic E-state index is -3.65. The van der Waals surface area contributed by atoms with Gasteiger partial charge in [-0.25, -0.2) is 4.98 Å². The molecule has 1 aliphatic carbocycles. The van der Waals surface area contributed by atoms with E-state index in [2.05, 4.69) is 15.1 Å². The Morgan fingerprint density at radius 3 is 2.68 bits per heavy atom. The van der Waals surface area contributed by atoms with Crippen LogP contribution >= 0.6 is 0 Å². The van der Waals surface area contributed by atoms with Crippen LogP contribution in [0.3, 0.4) is 0 Å². The van der Waals surface area contributed by atoms with Crippen molar-refractivity contribution in [1.29, 1.82) is 0 Å². The van der Waals surface area contributed by atoms with E-state index in [-0.39, 0.29) is 17.3 Å². The molecule has 2 aromatic heterocycles. The van der Waals surface area contributed by atoms with Crippen molar-refractivity contribution < 1.29 is 17.1 Å². The van der Waals surface area contributed by atoms with Gasteiger partial charge in [-0.3, -0.25) is 8.98 Å². The largest absolute Gasteiger partial charge is 0.348 e. The van der Waals surface area contributed by atoms with E-state index >= 15 is 0 Å². The van der Waals surface area contributed by atoms with Gasteiger partial charge in [0.15, 0.2) is 0 Å². The zero-order chi connectivity index (χ0) is 15.9. The summed E-state index contributed by atoms with van der Waals surface area (Å²) in [6.07, 6.45) is 4.26. The van der Waals surface area contributed by atoms with Gasteiger partial charge in [0.25, 0.3) is 15.7 Å². The number of H-pyrrole nitrogens is 1. The summed E-state index contributed by atoms with van der Waals surface area (Å²) in [5, 5.41) is 4.00. The number of aromatic nitrogens is 3. The average molecular weight is 327 g/mol. The molecule has 0 spiro atoms. The molecule has 2 heterocycles. The minimum Gasteiger partial charge on any atom is -0.348 e. The predicted octanol–water partition coefficient (Wildman–Crippen LogP) is 1.61. The van der Waals surface area contributed by atoms with Gasteiger partial charge in [0.1, 0.15) is 23.1 Å². The smallest absolute Gasteiger partial charge is 0.297 e. The number of hydrogen-bond acceptors (Lipinski definition) is 7. The van der Waals surface area contributed by atoms with Gasteiger partial charge in [-0.15, -0.1) is 0 Å². The van der Waals surface area contributed by atoms with Crippen LogP contribution in [0.15, 0.2) is 9.32 Å². The molecular weight excluding hydrogens is 310 g/mol. The molecule has 0 radical (unpaired) electrons. The van der Waals surface area contributed by atoms with E-state index in [1.807, 2.05) is 0 Å². The van der Waals surface area contributed by atoms with Gasteiger partial charge in [-0.05, 0) is 19.8 Å². The van der Waals surface area contributed by atoms with E-state index in [4.69, 9.17) is 8.71 Å². The highest BCUT2D eigenvalue weighted by molar-refractivity contribution is 7.86. The van der Waals surface area contributed by atoms with Crippen molar-refractivity contribution in [3.63, 3.8) is 0 Å². The SMILES string of the molecule is CC(OS(C)(=O)=O)c1nc2c(C3CCCC3)noc2c(=O)[nH]1. The Morgan fingerprint density at radius 1 is 1.36 bits per heavy atom. The summed E-state index contributed by atoms with van der Waals surface area (Å²) >= 11 is 0. The third-order valence-corrected chi connectivity index (χ3v) is 4.46. The maximum atomic E-state index is 12.1. The molecule has 120 valence electrons. The lowest BCUT2D eigenvalue weighted by Crippen LogP contribution is -2.16. The first-order valence-electron chi connectivity index (χ1n) is 7.13. The molecule has 0 aliphatic heterocycles. The van der Waals surface area contributed by atoms with Crippen LogP contribution in [0.4, 0.5) is 0 Å². The summed E-state index contributed by atoms with van der Waals surface area (Å²) in [6.45, 7) is 1.51. The molecule has 1 unspecified atom stereocenters. The van der Waals surface area contributed by atoms with E-state index in [0.717, 1.165) is 31.9 Å². The van der Waals surface area contributed by atoms with Gasteiger partial charge in [0, 0.05) is 5.92 Å². The van der Waals surface area contributed by atoms with Crippen LogP contribution in [-0.2, 0) is 14.3 Å². The molecule has 2 aromatic rings. The Hall–Kier alpha value is -1.74. The first kappa shape index (κ1) is 15.2. The maximum absolute atomic E-state index is 12.1. The molecule has 0 saturated heterocycles. The molecule has 1 fully saturated rings. The minimum absolute atomic E-state index is 0.0669. The maximum Gasteiger partial charge on any atom is 0.297 e. The standard InChI is InChI=1S/C13H17N3O5S/c1-7(21-22(2,18)19)12-14-10-9(8-5-3-4-6-8)16-20-11(10)13(17)15-12/h7-8H,3-6H2,1-2H3,(H,14,15,17). The van der Waals surface area contributed by atoms with Crippen molar-refractivity contribution in [3.8, 4) is 0 Å². The van der Waals surface area contributed by atoms with E-state index in [9.17, 15) is 13.2 Å². The van der Waals surface area contributed by atoms with Crippen molar-refractivity contribution in [1.82, 2.24) is 15.1 Å². The summed E-state index contributed by atoms with van der Waals surface area (Å²) in [7, 11) is -3.65. The van der Waals surface area contributed by atoms with Crippen LogP contribution in [-0.4, -0.2) is 29.8 Å². The van der Waals surface area contributed by atoms with E-state index < -0.39 is 21.8 Å². The Labute approximate surface area is 127 Å². The fourth-order valence-electron chi connectivity index (χ4n) is 2.84. The molecule has 9 heteroatoms. The monoisotopic (exact) mass is 327 g/mol. The second-order valence-corrected chi connectivity index (χ2v) is 7.22. The first-order valence-corrected chi connectivity index (χ1v) is 8.94. The van der Waals surface area contributed by atoms with Gasteiger partial charge in [0.2, 0.25) is 5.58 Å². The van der Waals surface area contributed by atoms with Crippen molar-refractivity contribution >= 4 is 21.2 Å². The van der Waals surface area contributed by atoms with Gasteiger partial charge in [-0.2, -0.15) is 8.42 Å². The fraction of sp³-hybridized carbons (Fsp3) is 0.615. The van der Waals surface area contributed by atoms with Crippen molar-refractivity contribution in [2.24, 2.45) is 0 Å². The number of nitrogens with zero attached hydrogens (tertiary/aromatic N) is 2. The molecule has 22 heavy (non-hydrogen) atoms. The van der Waals surface area contributed by atoms with Gasteiger partial charge in [-0.1, -0.05) is 18.0 Å². The fourth-order valence-corrected chi connectivity index (χ4v) is 3.46. The van der Waals surface area contributed by atoms with Crippen LogP contribution in [0.2, 0.25) is 0 Å². The Balaban J connectivity index is 2.06. The third kappa shape index (κ3) is 2.91. The molecule has 1 aliphatic rings. The zero-order valence-electron chi connectivity index (χ0n) is 12.3. The normalized spacial score (nSPS) is 18.1. The number of rotatable bonds is 4. The zero-order valence-corrected chi connectivity index (χ0v) is 13.1. The van der Waals surface area contributed by atoms with Crippen molar-refractivity contribution in [2.75, 3.05) is 6.26 Å². The molecule has 1 N–H and O–H groups in total. The van der Waals surface area contributed by atoms with E-state index in [1.165, 1.54) is 6.92 Å². The summed E-state index contributed by atoms with van der Waals surface area (Å²) in [5.74, 6) is 0.375. The second kappa shape index (κ2) is 5.47. The lowest BCUT2D eigenvalue weighted by atomic mass is 10.0. The Morgan fingerprint density at radius 2 is 2.05 bits per heavy atom. The second-order valence-electron chi connectivity index (χ2n) is 5.62. The lowest BCUT2D eigenvalue weighted by Gasteiger charge is -2.10. The topological polar surface area (TPSA) is 115 Å². The Bertz CT molecular complexity index is 848. The highest BCUT2D eigenvalue weighted by Gasteiger charge is 2.26. The quantitative estimate of drug-likeness (QED) is 0.848. The van der Waals surface area contributed by atoms with Gasteiger partial charge < -0.3 is 9.51 Å². The lowest BCUT2D eigenvalue weighted by molar-refractivity contribution is 0.226. The van der Waals surface area contributed by atoms with Crippen LogP contribution in [0.1, 0.15) is 56.1 Å². The average Bonchev–Trinajstić information content (AvgIpc) is 3.04. The van der Waals surface area contributed by atoms with Crippen LogP contribution in [0.25, 0.3) is 11.1 Å². The predicted molar refractivity (Wildman–Crippen MR) is 78.0 cm³/mol. The van der Waals surface area contributed by atoms with Crippen LogP contribution in [0.5, 0.6) is 0 Å². The molecule has 3 rings (SSSR count). The number of nitrogens with one attached hydrogen (secondary N) is 1. The van der Waals surface area contributed by atoms with Gasteiger partial charge in [0.05, 0.1) is 6.26 Å². The van der Waals surface area contributed by atoms with E-state index in [1.54, 1.807) is 0 Å². The molecule has 0 bridgehead atoms. The molecule has 8 nitrogen and oxygen atoms in total. The van der Waals surface area contributed by atoms with E-state index in [0.29, 0.717) is 11.2 Å². The summed E-state index contributed by atoms with van der Waals surface area (Å²) in [6, 6.07) is 0. The first-order chi connectivity index (χ1) is 10.3. The highest BCUT2D eigenvalue weighted by atomic mass is 32.2. The third-order valence-electron chi connectivity index (χ3n) is 3.82. The van der Waals surface area contributed by atoms with Crippen LogP contribution in [0, 0.1) is 0 Å². The summed E-state index contributed by atoms with van der Waals surface area (Å²) in [4.78, 5) is 18.9. The summed E-state index contributed by atoms with van der Waals surface area (Å²) < 4.78 is 32.4. The molecule has 1 atom stereocenters.